The Balaban J connectivity index is 1.32. The van der Waals surface area contributed by atoms with Gasteiger partial charge in [-0.05, 0) is 87.1 Å². The maximum Gasteiger partial charge on any atom is 0.256 e. The lowest BCUT2D eigenvalue weighted by atomic mass is 9.89. The topological polar surface area (TPSA) is 79.5 Å². The highest BCUT2D eigenvalue weighted by atomic mass is 16.5. The van der Waals surface area contributed by atoms with Gasteiger partial charge in [-0.2, -0.15) is 5.10 Å². The molecule has 0 spiro atoms. The second-order valence-electron chi connectivity index (χ2n) is 8.65. The van der Waals surface area contributed by atoms with E-state index in [9.17, 15) is 4.79 Å². The molecule has 33 heavy (non-hydrogen) atoms. The summed E-state index contributed by atoms with van der Waals surface area (Å²) in [6.45, 7) is 2.25. The molecule has 0 saturated carbocycles. The number of benzene rings is 2. The minimum absolute atomic E-state index is 0.152. The van der Waals surface area contributed by atoms with Gasteiger partial charge in [-0.25, -0.2) is 0 Å². The van der Waals surface area contributed by atoms with Crippen molar-refractivity contribution in [3.63, 3.8) is 0 Å². The van der Waals surface area contributed by atoms with Crippen molar-refractivity contribution in [3.05, 3.63) is 70.9 Å². The summed E-state index contributed by atoms with van der Waals surface area (Å²) in [6, 6.07) is 15.7. The fourth-order valence-corrected chi connectivity index (χ4v) is 4.28. The van der Waals surface area contributed by atoms with E-state index in [-0.39, 0.29) is 5.91 Å². The molecule has 174 valence electrons. The molecule has 1 aromatic heterocycles. The number of carbonyl (C=O) groups excluding carboxylic acids is 1. The Bertz CT molecular complexity index is 1050. The van der Waals surface area contributed by atoms with E-state index < -0.39 is 0 Å². The summed E-state index contributed by atoms with van der Waals surface area (Å²) in [5.74, 6) is 2.49. The Morgan fingerprint density at radius 3 is 2.33 bits per heavy atom. The van der Waals surface area contributed by atoms with Crippen LogP contribution in [0.4, 0.5) is 5.82 Å². The Morgan fingerprint density at radius 1 is 1.03 bits per heavy atom. The van der Waals surface area contributed by atoms with Gasteiger partial charge in [0.05, 0.1) is 14.2 Å². The van der Waals surface area contributed by atoms with Gasteiger partial charge in [0.15, 0.2) is 5.82 Å². The zero-order valence-corrected chi connectivity index (χ0v) is 19.6. The lowest BCUT2D eigenvalue weighted by Crippen LogP contribution is -2.29. The lowest BCUT2D eigenvalue weighted by molar-refractivity contribution is 0.102. The molecule has 1 aliphatic rings. The van der Waals surface area contributed by atoms with Crippen LogP contribution >= 0.6 is 0 Å². The molecule has 1 amide bonds. The van der Waals surface area contributed by atoms with Gasteiger partial charge in [0, 0.05) is 23.4 Å². The van der Waals surface area contributed by atoms with Crippen LogP contribution in [0.3, 0.4) is 0 Å². The number of H-pyrrole nitrogens is 1. The molecule has 1 fully saturated rings. The first-order valence-corrected chi connectivity index (χ1v) is 11.4. The summed E-state index contributed by atoms with van der Waals surface area (Å²) in [7, 11) is 5.45. The molecule has 0 unspecified atom stereocenters. The number of amides is 1. The maximum atomic E-state index is 12.7. The van der Waals surface area contributed by atoms with Crippen LogP contribution in [-0.2, 0) is 12.8 Å². The van der Waals surface area contributed by atoms with E-state index >= 15 is 0 Å². The number of aromatic nitrogens is 2. The minimum atomic E-state index is -0.152. The molecule has 1 saturated heterocycles. The van der Waals surface area contributed by atoms with Gasteiger partial charge in [0.1, 0.15) is 11.5 Å². The highest BCUT2D eigenvalue weighted by Crippen LogP contribution is 2.28. The first-order valence-electron chi connectivity index (χ1n) is 11.4. The number of likely N-dealkylation sites (tertiary alicyclic amines) is 1. The van der Waals surface area contributed by atoms with E-state index in [1.165, 1.54) is 18.4 Å². The second kappa shape index (κ2) is 10.5. The molecule has 2 heterocycles. The minimum Gasteiger partial charge on any atom is -0.497 e. The molecule has 0 atom stereocenters. The zero-order chi connectivity index (χ0) is 23.2. The number of rotatable bonds is 8. The zero-order valence-electron chi connectivity index (χ0n) is 19.6. The van der Waals surface area contributed by atoms with Gasteiger partial charge < -0.3 is 19.7 Å². The van der Waals surface area contributed by atoms with E-state index in [0.717, 1.165) is 48.7 Å². The van der Waals surface area contributed by atoms with Crippen molar-refractivity contribution in [1.82, 2.24) is 15.1 Å². The fraction of sp³-hybridized carbons (Fsp3) is 0.385. The predicted molar refractivity (Wildman–Crippen MR) is 129 cm³/mol. The Hall–Kier alpha value is -3.32. The monoisotopic (exact) mass is 448 g/mol. The number of hydrogen-bond donors (Lipinski definition) is 2. The quantitative estimate of drug-likeness (QED) is 0.538. The summed E-state index contributed by atoms with van der Waals surface area (Å²) in [6.07, 6.45) is 3.88. The smallest absolute Gasteiger partial charge is 0.256 e. The summed E-state index contributed by atoms with van der Waals surface area (Å²) >= 11 is 0. The number of methoxy groups -OCH3 is 2. The third-order valence-electron chi connectivity index (χ3n) is 6.33. The number of piperidine rings is 1. The summed E-state index contributed by atoms with van der Waals surface area (Å²) in [5.41, 5.74) is 4.01. The largest absolute Gasteiger partial charge is 0.497 e. The lowest BCUT2D eigenvalue weighted by Gasteiger charge is -2.29. The highest BCUT2D eigenvalue weighted by molar-refractivity contribution is 6.03. The summed E-state index contributed by atoms with van der Waals surface area (Å²) in [5, 5.41) is 10.2. The van der Waals surface area contributed by atoms with Gasteiger partial charge >= 0.3 is 0 Å². The number of aromatic amines is 1. The van der Waals surface area contributed by atoms with Crippen LogP contribution in [0, 0.1) is 0 Å². The molecule has 0 aliphatic carbocycles. The van der Waals surface area contributed by atoms with E-state index in [4.69, 9.17) is 9.47 Å². The van der Waals surface area contributed by atoms with Crippen LogP contribution in [0.2, 0.25) is 0 Å². The SMILES string of the molecule is COc1cc(CCc2cc(NC(=O)c3ccc(C4CCN(C)CC4)cc3)n[nH]2)cc(OC)c1. The van der Waals surface area contributed by atoms with Gasteiger partial charge in [-0.3, -0.25) is 9.89 Å². The number of carbonyl (C=O) groups is 1. The Labute approximate surface area is 195 Å². The number of hydrogen-bond acceptors (Lipinski definition) is 5. The molecule has 2 N–H and O–H groups in total. The molecule has 0 radical (unpaired) electrons. The third kappa shape index (κ3) is 5.93. The van der Waals surface area contributed by atoms with E-state index in [1.54, 1.807) is 14.2 Å². The van der Waals surface area contributed by atoms with Crippen LogP contribution in [-0.4, -0.2) is 55.4 Å². The molecule has 0 bridgehead atoms. The van der Waals surface area contributed by atoms with Gasteiger partial charge in [0.25, 0.3) is 5.91 Å². The molecule has 7 heteroatoms. The van der Waals surface area contributed by atoms with Gasteiger partial charge in [-0.1, -0.05) is 12.1 Å². The Morgan fingerprint density at radius 2 is 1.70 bits per heavy atom. The third-order valence-corrected chi connectivity index (χ3v) is 6.33. The van der Waals surface area contributed by atoms with E-state index in [2.05, 4.69) is 39.6 Å². The van der Waals surface area contributed by atoms with E-state index in [0.29, 0.717) is 17.3 Å². The van der Waals surface area contributed by atoms with Crippen molar-refractivity contribution in [2.75, 3.05) is 39.7 Å². The van der Waals surface area contributed by atoms with Crippen LogP contribution in [0.5, 0.6) is 11.5 Å². The van der Waals surface area contributed by atoms with Crippen molar-refractivity contribution in [2.45, 2.75) is 31.6 Å². The van der Waals surface area contributed by atoms with E-state index in [1.807, 2.05) is 36.4 Å². The van der Waals surface area contributed by atoms with Crippen LogP contribution in [0.1, 0.15) is 45.9 Å². The average molecular weight is 449 g/mol. The molecular weight excluding hydrogens is 416 g/mol. The number of anilines is 1. The predicted octanol–water partition coefficient (Wildman–Crippen LogP) is 4.27. The summed E-state index contributed by atoms with van der Waals surface area (Å²) < 4.78 is 10.7. The highest BCUT2D eigenvalue weighted by Gasteiger charge is 2.18. The second-order valence-corrected chi connectivity index (χ2v) is 8.65. The van der Waals surface area contributed by atoms with Gasteiger partial charge in [0.2, 0.25) is 0 Å². The molecule has 7 nitrogen and oxygen atoms in total. The van der Waals surface area contributed by atoms with Crippen molar-refractivity contribution in [2.24, 2.45) is 0 Å². The Kier molecular flexibility index (Phi) is 7.29. The maximum absolute atomic E-state index is 12.7. The first-order chi connectivity index (χ1) is 16.0. The summed E-state index contributed by atoms with van der Waals surface area (Å²) in [4.78, 5) is 15.0. The van der Waals surface area contributed by atoms with Crippen LogP contribution in [0.25, 0.3) is 0 Å². The molecule has 2 aromatic carbocycles. The molecular formula is C26H32N4O3. The van der Waals surface area contributed by atoms with Crippen molar-refractivity contribution in [3.8, 4) is 11.5 Å². The number of ether oxygens (including phenoxy) is 2. The number of nitrogens with one attached hydrogen (secondary N) is 2. The average Bonchev–Trinajstić information content (AvgIpc) is 3.30. The van der Waals surface area contributed by atoms with Crippen LogP contribution < -0.4 is 14.8 Å². The molecule has 1 aliphatic heterocycles. The van der Waals surface area contributed by atoms with Crippen molar-refractivity contribution in [1.29, 1.82) is 0 Å². The van der Waals surface area contributed by atoms with Crippen molar-refractivity contribution >= 4 is 11.7 Å². The molecule has 4 rings (SSSR count). The van der Waals surface area contributed by atoms with Crippen molar-refractivity contribution < 1.29 is 14.3 Å². The van der Waals surface area contributed by atoms with Crippen LogP contribution in [0.15, 0.2) is 48.5 Å². The van der Waals surface area contributed by atoms with Gasteiger partial charge in [-0.15, -0.1) is 0 Å². The number of nitrogens with zero attached hydrogens (tertiary/aromatic N) is 2. The molecule has 3 aromatic rings. The standard InChI is InChI=1S/C26H32N4O3/c1-30-12-10-20(11-13-30)19-5-7-21(8-6-19)26(31)27-25-16-22(28-29-25)9-4-18-14-23(32-2)17-24(15-18)33-3/h5-8,14-17,20H,4,9-13H2,1-3H3,(H2,27,28,29,31). The fourth-order valence-electron chi connectivity index (χ4n) is 4.28. The number of aryl methyl sites for hydroxylation is 2. The first kappa shape index (κ1) is 22.9. The normalized spacial score (nSPS) is 14.8.